The molecule has 0 bridgehead atoms. The van der Waals surface area contributed by atoms with E-state index >= 15 is 0 Å². The Labute approximate surface area is 212 Å². The zero-order chi connectivity index (χ0) is 27.1. The van der Waals surface area contributed by atoms with Gasteiger partial charge in [0, 0.05) is 30.6 Å². The molecule has 2 heterocycles. The topological polar surface area (TPSA) is 182 Å². The molecule has 0 spiro atoms. The number of rotatable bonds is 9. The van der Waals surface area contributed by atoms with Crippen LogP contribution in [0.2, 0.25) is 0 Å². The van der Waals surface area contributed by atoms with Crippen LogP contribution in [0, 0.1) is 0 Å². The van der Waals surface area contributed by atoms with E-state index in [1.807, 2.05) is 0 Å². The van der Waals surface area contributed by atoms with Crippen LogP contribution in [0.15, 0.2) is 24.3 Å². The number of nitrogens with one attached hydrogen (secondary N) is 3. The molecule has 0 saturated carbocycles. The third-order valence-corrected chi connectivity index (χ3v) is 6.11. The van der Waals surface area contributed by atoms with Gasteiger partial charge in [0.05, 0.1) is 12.5 Å². The van der Waals surface area contributed by atoms with Crippen LogP contribution in [0.1, 0.15) is 55.8 Å². The van der Waals surface area contributed by atoms with Crippen molar-refractivity contribution in [2.75, 3.05) is 11.9 Å². The summed E-state index contributed by atoms with van der Waals surface area (Å²) in [7, 11) is 0. The number of carboxylic acids is 1. The Morgan fingerprint density at radius 3 is 2.46 bits per heavy atom. The quantitative estimate of drug-likeness (QED) is 0.327. The van der Waals surface area contributed by atoms with Gasteiger partial charge in [-0.2, -0.15) is 0 Å². The zero-order valence-corrected chi connectivity index (χ0v) is 20.3. The average molecular weight is 516 g/mol. The number of amides is 5. The highest BCUT2D eigenvalue weighted by Crippen LogP contribution is 2.25. The molecule has 2 aliphatic heterocycles. The van der Waals surface area contributed by atoms with E-state index in [2.05, 4.69) is 16.0 Å². The number of carbonyl (C=O) groups excluding carboxylic acids is 6. The second-order valence-corrected chi connectivity index (χ2v) is 8.75. The van der Waals surface area contributed by atoms with Gasteiger partial charge in [0.2, 0.25) is 17.7 Å². The monoisotopic (exact) mass is 515 g/mol. The van der Waals surface area contributed by atoms with Crippen molar-refractivity contribution in [1.82, 2.24) is 20.7 Å². The summed E-state index contributed by atoms with van der Waals surface area (Å²) in [5.41, 5.74) is 0.735. The average Bonchev–Trinajstić information content (AvgIpc) is 3.00. The minimum Gasteiger partial charge on any atom is -0.481 e. The first-order chi connectivity index (χ1) is 17.6. The molecule has 1 aromatic rings. The number of carboxylic acid groups (broad SMARTS) is 1. The Balaban J connectivity index is 1.76. The SMILES string of the molecule is CCC(=O)Nc1ccc(C(=O)NC2CCC(=O)N3CCCC(C(=O)NC(C=O)CC(=O)O)N3C2=O)cc1. The lowest BCUT2D eigenvalue weighted by atomic mass is 10.0. The summed E-state index contributed by atoms with van der Waals surface area (Å²) in [5.74, 6) is -3.86. The van der Waals surface area contributed by atoms with Crippen molar-refractivity contribution < 1.29 is 38.7 Å². The number of anilines is 1. The predicted octanol–water partition coefficient (Wildman–Crippen LogP) is -0.180. The molecule has 1 aromatic carbocycles. The van der Waals surface area contributed by atoms with Crippen LogP contribution in [-0.4, -0.2) is 81.6 Å². The van der Waals surface area contributed by atoms with Crippen LogP contribution < -0.4 is 16.0 Å². The van der Waals surface area contributed by atoms with Gasteiger partial charge in [0.1, 0.15) is 18.4 Å². The summed E-state index contributed by atoms with van der Waals surface area (Å²) in [6, 6.07) is 2.52. The predicted molar refractivity (Wildman–Crippen MR) is 128 cm³/mol. The third-order valence-electron chi connectivity index (χ3n) is 6.11. The summed E-state index contributed by atoms with van der Waals surface area (Å²) in [6.45, 7) is 1.91. The molecule has 3 unspecified atom stereocenters. The van der Waals surface area contributed by atoms with Crippen LogP contribution in [0.3, 0.4) is 0 Å². The van der Waals surface area contributed by atoms with Gasteiger partial charge >= 0.3 is 5.97 Å². The Hall–Kier alpha value is -4.29. The van der Waals surface area contributed by atoms with Gasteiger partial charge in [-0.1, -0.05) is 6.92 Å². The molecule has 13 nitrogen and oxygen atoms in total. The number of hydrogen-bond acceptors (Lipinski definition) is 7. The molecule has 0 radical (unpaired) electrons. The van der Waals surface area contributed by atoms with Crippen molar-refractivity contribution in [3.63, 3.8) is 0 Å². The number of hydrogen-bond donors (Lipinski definition) is 4. The molecule has 5 amide bonds. The molecule has 2 aliphatic rings. The number of aliphatic carboxylic acids is 1. The van der Waals surface area contributed by atoms with Gasteiger partial charge in [0.15, 0.2) is 0 Å². The van der Waals surface area contributed by atoms with Crippen LogP contribution >= 0.6 is 0 Å². The number of aldehydes is 1. The van der Waals surface area contributed by atoms with E-state index in [-0.39, 0.29) is 37.3 Å². The zero-order valence-electron chi connectivity index (χ0n) is 20.3. The smallest absolute Gasteiger partial charge is 0.305 e. The lowest BCUT2D eigenvalue weighted by Gasteiger charge is -2.43. The van der Waals surface area contributed by atoms with Crippen LogP contribution in [0.25, 0.3) is 0 Å². The van der Waals surface area contributed by atoms with Gasteiger partial charge in [-0.05, 0) is 43.5 Å². The number of nitrogens with zero attached hydrogens (tertiary/aromatic N) is 2. The van der Waals surface area contributed by atoms with Gasteiger partial charge in [-0.25, -0.2) is 5.01 Å². The Morgan fingerprint density at radius 2 is 1.84 bits per heavy atom. The van der Waals surface area contributed by atoms with E-state index in [0.29, 0.717) is 24.8 Å². The van der Waals surface area contributed by atoms with E-state index < -0.39 is 54.1 Å². The van der Waals surface area contributed by atoms with Gasteiger partial charge in [-0.3, -0.25) is 33.8 Å². The first-order valence-corrected chi connectivity index (χ1v) is 12.0. The maximum Gasteiger partial charge on any atom is 0.305 e. The van der Waals surface area contributed by atoms with E-state index in [0.717, 1.165) is 5.01 Å². The number of fused-ring (bicyclic) bond motifs is 1. The van der Waals surface area contributed by atoms with Crippen LogP contribution in [0.4, 0.5) is 5.69 Å². The lowest BCUT2D eigenvalue weighted by Crippen LogP contribution is -2.64. The first-order valence-electron chi connectivity index (χ1n) is 12.0. The number of benzene rings is 1. The highest BCUT2D eigenvalue weighted by molar-refractivity contribution is 6.00. The lowest BCUT2D eigenvalue weighted by molar-refractivity contribution is -0.176. The molecular weight excluding hydrogens is 486 g/mol. The molecule has 2 fully saturated rings. The molecule has 198 valence electrons. The largest absolute Gasteiger partial charge is 0.481 e. The molecule has 0 aliphatic carbocycles. The van der Waals surface area contributed by atoms with E-state index in [9.17, 15) is 33.6 Å². The third kappa shape index (κ3) is 6.68. The maximum absolute atomic E-state index is 13.5. The normalized spacial score (nSPS) is 20.2. The molecule has 37 heavy (non-hydrogen) atoms. The van der Waals surface area contributed by atoms with Crippen LogP contribution in [0.5, 0.6) is 0 Å². The fourth-order valence-corrected chi connectivity index (χ4v) is 4.20. The second kappa shape index (κ2) is 12.1. The fraction of sp³-hybridized carbons (Fsp3) is 0.458. The molecular formula is C24H29N5O8. The Morgan fingerprint density at radius 1 is 1.14 bits per heavy atom. The molecule has 2 saturated heterocycles. The summed E-state index contributed by atoms with van der Waals surface area (Å²) in [6.07, 6.45) is 0.543. The summed E-state index contributed by atoms with van der Waals surface area (Å²) in [5, 5.41) is 18.7. The summed E-state index contributed by atoms with van der Waals surface area (Å²) < 4.78 is 0. The van der Waals surface area contributed by atoms with Gasteiger partial charge in [-0.15, -0.1) is 0 Å². The van der Waals surface area contributed by atoms with E-state index in [1.165, 1.54) is 17.1 Å². The number of hydrazine groups is 1. The standard InChI is InChI=1S/C24H29N5O8/c1-2-19(31)25-15-7-5-14(6-8-15)22(35)27-17-9-10-20(32)28-11-3-4-18(29(28)24(17)37)23(36)26-16(13-30)12-21(33)34/h5-8,13,16-18H,2-4,9-12H2,1H3,(H,25,31)(H,26,36)(H,27,35)(H,33,34). The highest BCUT2D eigenvalue weighted by atomic mass is 16.4. The first kappa shape index (κ1) is 27.3. The molecule has 3 atom stereocenters. The van der Waals surface area contributed by atoms with E-state index in [4.69, 9.17) is 5.11 Å². The van der Waals surface area contributed by atoms with Crippen molar-refractivity contribution in [3.8, 4) is 0 Å². The molecule has 0 aromatic heterocycles. The van der Waals surface area contributed by atoms with Crippen LogP contribution in [-0.2, 0) is 28.8 Å². The second-order valence-electron chi connectivity index (χ2n) is 8.75. The highest BCUT2D eigenvalue weighted by Gasteiger charge is 2.44. The Bertz CT molecular complexity index is 1090. The summed E-state index contributed by atoms with van der Waals surface area (Å²) in [4.78, 5) is 85.7. The molecule has 4 N–H and O–H groups in total. The van der Waals surface area contributed by atoms with Crippen molar-refractivity contribution in [3.05, 3.63) is 29.8 Å². The fourth-order valence-electron chi connectivity index (χ4n) is 4.20. The van der Waals surface area contributed by atoms with Gasteiger partial charge in [0.25, 0.3) is 11.8 Å². The maximum atomic E-state index is 13.5. The van der Waals surface area contributed by atoms with Crippen molar-refractivity contribution in [2.45, 2.75) is 63.6 Å². The summed E-state index contributed by atoms with van der Waals surface area (Å²) >= 11 is 0. The minimum absolute atomic E-state index is 0.0192. The minimum atomic E-state index is -1.29. The van der Waals surface area contributed by atoms with E-state index in [1.54, 1.807) is 19.1 Å². The van der Waals surface area contributed by atoms with Crippen molar-refractivity contribution >= 4 is 47.5 Å². The van der Waals surface area contributed by atoms with Crippen molar-refractivity contribution in [1.29, 1.82) is 0 Å². The Kier molecular flexibility index (Phi) is 8.93. The molecule has 3 rings (SSSR count). The van der Waals surface area contributed by atoms with Crippen molar-refractivity contribution in [2.24, 2.45) is 0 Å². The molecule has 13 heteroatoms. The van der Waals surface area contributed by atoms with Gasteiger partial charge < -0.3 is 25.9 Å². The number of carbonyl (C=O) groups is 7.